The van der Waals surface area contributed by atoms with Crippen LogP contribution in [0.3, 0.4) is 0 Å². The minimum atomic E-state index is 0.501. The van der Waals surface area contributed by atoms with E-state index in [1.165, 1.54) is 12.8 Å². The Morgan fingerprint density at radius 3 is 2.25 bits per heavy atom. The zero-order valence-electron chi connectivity index (χ0n) is 8.22. The molecule has 12 heavy (non-hydrogen) atoms. The van der Waals surface area contributed by atoms with E-state index in [0.717, 1.165) is 0 Å². The lowest BCUT2D eigenvalue weighted by atomic mass is 9.87. The van der Waals surface area contributed by atoms with Crippen molar-refractivity contribution in [3.8, 4) is 0 Å². The summed E-state index contributed by atoms with van der Waals surface area (Å²) in [7, 11) is 6.07. The smallest absolute Gasteiger partial charge is 0.0264 e. The van der Waals surface area contributed by atoms with Crippen LogP contribution in [0, 0.1) is 6.42 Å². The van der Waals surface area contributed by atoms with Gasteiger partial charge in [-0.3, -0.25) is 0 Å². The van der Waals surface area contributed by atoms with Crippen LogP contribution in [0.25, 0.3) is 0 Å². The van der Waals surface area contributed by atoms with Gasteiger partial charge < -0.3 is 16.0 Å². The summed E-state index contributed by atoms with van der Waals surface area (Å²) >= 11 is 0. The highest BCUT2D eigenvalue weighted by Gasteiger charge is 2.27. The molecular formula is C9H20N3. The second-order valence-electron chi connectivity index (χ2n) is 3.37. The van der Waals surface area contributed by atoms with Crippen LogP contribution in [-0.2, 0) is 0 Å². The van der Waals surface area contributed by atoms with Crippen LogP contribution in [0.15, 0.2) is 0 Å². The molecule has 3 heteroatoms. The van der Waals surface area contributed by atoms with Crippen molar-refractivity contribution in [3.05, 3.63) is 6.42 Å². The van der Waals surface area contributed by atoms with Gasteiger partial charge in [0.15, 0.2) is 0 Å². The van der Waals surface area contributed by atoms with E-state index in [1.807, 2.05) is 21.1 Å². The van der Waals surface area contributed by atoms with Gasteiger partial charge in [0, 0.05) is 18.1 Å². The van der Waals surface area contributed by atoms with Crippen molar-refractivity contribution < 1.29 is 0 Å². The van der Waals surface area contributed by atoms with Crippen LogP contribution in [0.2, 0.25) is 0 Å². The Labute approximate surface area is 75.3 Å². The van der Waals surface area contributed by atoms with Gasteiger partial charge in [0.05, 0.1) is 0 Å². The molecule has 1 saturated carbocycles. The number of hydrogen-bond acceptors (Lipinski definition) is 3. The van der Waals surface area contributed by atoms with Crippen LogP contribution in [-0.4, -0.2) is 39.3 Å². The van der Waals surface area contributed by atoms with Crippen LogP contribution < -0.4 is 16.0 Å². The Bertz CT molecular complexity index is 127. The van der Waals surface area contributed by atoms with Crippen molar-refractivity contribution in [3.63, 3.8) is 0 Å². The summed E-state index contributed by atoms with van der Waals surface area (Å²) in [5.74, 6) is 0. The average Bonchev–Trinajstić information content (AvgIpc) is 2.16. The van der Waals surface area contributed by atoms with Crippen LogP contribution in [0.4, 0.5) is 0 Å². The monoisotopic (exact) mass is 170 g/mol. The van der Waals surface area contributed by atoms with E-state index < -0.39 is 0 Å². The van der Waals surface area contributed by atoms with E-state index in [-0.39, 0.29) is 0 Å². The predicted octanol–water partition coefficient (Wildman–Crippen LogP) is -0.252. The lowest BCUT2D eigenvalue weighted by Crippen LogP contribution is -2.53. The molecule has 1 aliphatic rings. The highest BCUT2D eigenvalue weighted by molar-refractivity contribution is 5.03. The zero-order chi connectivity index (χ0) is 8.97. The first kappa shape index (κ1) is 9.96. The fourth-order valence-electron chi connectivity index (χ4n) is 1.88. The van der Waals surface area contributed by atoms with Gasteiger partial charge in [-0.2, -0.15) is 0 Å². The van der Waals surface area contributed by atoms with Crippen molar-refractivity contribution in [2.75, 3.05) is 21.1 Å². The minimum Gasteiger partial charge on any atom is -0.317 e. The van der Waals surface area contributed by atoms with Crippen LogP contribution in [0.1, 0.15) is 12.8 Å². The lowest BCUT2D eigenvalue weighted by Gasteiger charge is -2.35. The van der Waals surface area contributed by atoms with Gasteiger partial charge >= 0.3 is 0 Å². The van der Waals surface area contributed by atoms with Gasteiger partial charge in [-0.1, -0.05) is 0 Å². The van der Waals surface area contributed by atoms with Gasteiger partial charge in [0.2, 0.25) is 0 Å². The largest absolute Gasteiger partial charge is 0.317 e. The molecule has 0 aliphatic heterocycles. The number of likely N-dealkylation sites (N-methyl/N-ethyl adjacent to an activating group) is 2. The van der Waals surface area contributed by atoms with E-state index in [9.17, 15) is 0 Å². The molecule has 3 N–H and O–H groups in total. The molecule has 0 heterocycles. The van der Waals surface area contributed by atoms with Crippen molar-refractivity contribution in [1.82, 2.24) is 16.0 Å². The lowest BCUT2D eigenvalue weighted by molar-refractivity contribution is 0.329. The number of nitrogens with one attached hydrogen (secondary N) is 3. The molecule has 1 fully saturated rings. The van der Waals surface area contributed by atoms with Gasteiger partial charge in [0.1, 0.15) is 0 Å². The Balaban J connectivity index is 2.41. The Hall–Kier alpha value is -0.120. The first-order chi connectivity index (χ1) is 5.81. The van der Waals surface area contributed by atoms with Gasteiger partial charge in [-0.25, -0.2) is 0 Å². The van der Waals surface area contributed by atoms with Gasteiger partial charge in [-0.05, 0) is 40.4 Å². The van der Waals surface area contributed by atoms with E-state index >= 15 is 0 Å². The molecule has 71 valence electrons. The molecular weight excluding hydrogens is 150 g/mol. The molecule has 3 unspecified atom stereocenters. The molecule has 0 amide bonds. The van der Waals surface area contributed by atoms with E-state index in [2.05, 4.69) is 22.4 Å². The predicted molar refractivity (Wildman–Crippen MR) is 52.1 cm³/mol. The van der Waals surface area contributed by atoms with Crippen LogP contribution in [0.5, 0.6) is 0 Å². The summed E-state index contributed by atoms with van der Waals surface area (Å²) in [4.78, 5) is 0. The normalized spacial score (nSPS) is 36.8. The van der Waals surface area contributed by atoms with Crippen molar-refractivity contribution >= 4 is 0 Å². The summed E-state index contributed by atoms with van der Waals surface area (Å²) in [5.41, 5.74) is 0. The first-order valence-electron chi connectivity index (χ1n) is 4.68. The summed E-state index contributed by atoms with van der Waals surface area (Å²) in [6.45, 7) is 0. The number of hydrogen-bond donors (Lipinski definition) is 3. The quantitative estimate of drug-likeness (QED) is 0.546. The molecule has 3 nitrogen and oxygen atoms in total. The van der Waals surface area contributed by atoms with Crippen molar-refractivity contribution in [2.45, 2.75) is 31.0 Å². The second-order valence-corrected chi connectivity index (χ2v) is 3.37. The first-order valence-corrected chi connectivity index (χ1v) is 4.68. The SMILES string of the molecule is CNC1[CH]C(NC)C(NC)CC1. The fourth-order valence-corrected chi connectivity index (χ4v) is 1.88. The van der Waals surface area contributed by atoms with Crippen molar-refractivity contribution in [1.29, 1.82) is 0 Å². The van der Waals surface area contributed by atoms with Gasteiger partial charge in [-0.15, -0.1) is 0 Å². The summed E-state index contributed by atoms with van der Waals surface area (Å²) in [5, 5.41) is 9.93. The topological polar surface area (TPSA) is 36.1 Å². The second kappa shape index (κ2) is 4.80. The maximum Gasteiger partial charge on any atom is 0.0264 e. The molecule has 1 radical (unpaired) electrons. The summed E-state index contributed by atoms with van der Waals surface area (Å²) in [6, 6.07) is 1.67. The molecule has 0 aromatic carbocycles. The standard InChI is InChI=1S/C9H20N3/c1-10-7-4-5-8(11-2)9(6-7)12-3/h6-12H,4-5H2,1-3H3. The maximum absolute atomic E-state index is 3.33. The fraction of sp³-hybridized carbons (Fsp3) is 0.889. The maximum atomic E-state index is 3.33. The van der Waals surface area contributed by atoms with Crippen molar-refractivity contribution in [2.24, 2.45) is 0 Å². The highest BCUT2D eigenvalue weighted by Crippen LogP contribution is 2.17. The molecule has 0 saturated heterocycles. The Kier molecular flexibility index (Phi) is 3.98. The molecule has 3 atom stereocenters. The molecule has 0 spiro atoms. The zero-order valence-corrected chi connectivity index (χ0v) is 8.22. The molecule has 1 rings (SSSR count). The number of rotatable bonds is 3. The molecule has 0 bridgehead atoms. The van der Waals surface area contributed by atoms with E-state index in [1.54, 1.807) is 0 Å². The molecule has 0 aromatic heterocycles. The molecule has 0 aromatic rings. The third kappa shape index (κ3) is 2.19. The third-order valence-electron chi connectivity index (χ3n) is 2.74. The Morgan fingerprint density at radius 1 is 1.00 bits per heavy atom. The molecule has 1 aliphatic carbocycles. The van der Waals surface area contributed by atoms with Gasteiger partial charge in [0.25, 0.3) is 0 Å². The third-order valence-corrected chi connectivity index (χ3v) is 2.74. The highest BCUT2D eigenvalue weighted by atomic mass is 15.0. The average molecular weight is 170 g/mol. The Morgan fingerprint density at radius 2 is 1.75 bits per heavy atom. The van der Waals surface area contributed by atoms with Crippen LogP contribution >= 0.6 is 0 Å². The van der Waals surface area contributed by atoms with E-state index in [0.29, 0.717) is 18.1 Å². The summed E-state index contributed by atoms with van der Waals surface area (Å²) < 4.78 is 0. The van der Waals surface area contributed by atoms with E-state index in [4.69, 9.17) is 0 Å². The minimum absolute atomic E-state index is 0.501. The summed E-state index contributed by atoms with van der Waals surface area (Å²) in [6.07, 6.45) is 4.83.